The number of amides is 1. The molecule has 0 radical (unpaired) electrons. The number of benzene rings is 2. The SMILES string of the molecule is Cc1ccc(C)c(OCCCC(C)(C)C(=O)NC(=S)Nc2cccc(Br)c2)c1. The van der Waals surface area contributed by atoms with Crippen molar-refractivity contribution in [3.05, 3.63) is 58.1 Å². The Bertz CT molecular complexity index is 852. The van der Waals surface area contributed by atoms with Gasteiger partial charge in [-0.15, -0.1) is 0 Å². The predicted molar refractivity (Wildman–Crippen MR) is 123 cm³/mol. The minimum absolute atomic E-state index is 0.105. The highest BCUT2D eigenvalue weighted by molar-refractivity contribution is 9.10. The highest BCUT2D eigenvalue weighted by atomic mass is 79.9. The number of carbonyl (C=O) groups excluding carboxylic acids is 1. The van der Waals surface area contributed by atoms with Crippen molar-refractivity contribution in [1.29, 1.82) is 0 Å². The quantitative estimate of drug-likeness (QED) is 0.405. The number of aryl methyl sites for hydroxylation is 2. The Morgan fingerprint density at radius 3 is 2.64 bits per heavy atom. The first-order chi connectivity index (χ1) is 13.2. The Kier molecular flexibility index (Phi) is 8.01. The second kappa shape index (κ2) is 10.0. The van der Waals surface area contributed by atoms with E-state index in [0.717, 1.165) is 27.9 Å². The fourth-order valence-electron chi connectivity index (χ4n) is 2.67. The van der Waals surface area contributed by atoms with E-state index in [1.54, 1.807) is 0 Å². The maximum absolute atomic E-state index is 12.6. The fraction of sp³-hybridized carbons (Fsp3) is 0.364. The summed E-state index contributed by atoms with van der Waals surface area (Å²) in [6.45, 7) is 8.49. The molecule has 150 valence electrons. The van der Waals surface area contributed by atoms with Crippen molar-refractivity contribution in [2.75, 3.05) is 11.9 Å². The molecule has 0 saturated carbocycles. The average molecular weight is 463 g/mol. The summed E-state index contributed by atoms with van der Waals surface area (Å²) in [6, 6.07) is 13.8. The van der Waals surface area contributed by atoms with Crippen molar-refractivity contribution in [2.45, 2.75) is 40.5 Å². The van der Waals surface area contributed by atoms with Crippen molar-refractivity contribution >= 4 is 44.9 Å². The normalized spacial score (nSPS) is 11.0. The smallest absolute Gasteiger partial charge is 0.231 e. The lowest BCUT2D eigenvalue weighted by molar-refractivity contribution is -0.128. The van der Waals surface area contributed by atoms with Gasteiger partial charge in [0.2, 0.25) is 5.91 Å². The van der Waals surface area contributed by atoms with Gasteiger partial charge in [0.05, 0.1) is 6.61 Å². The Hall–Kier alpha value is -1.92. The van der Waals surface area contributed by atoms with E-state index in [0.29, 0.717) is 18.1 Å². The molecule has 4 nitrogen and oxygen atoms in total. The highest BCUT2D eigenvalue weighted by Gasteiger charge is 2.27. The van der Waals surface area contributed by atoms with Crippen molar-refractivity contribution in [1.82, 2.24) is 5.32 Å². The first-order valence-corrected chi connectivity index (χ1v) is 10.5. The zero-order chi connectivity index (χ0) is 20.7. The van der Waals surface area contributed by atoms with Crippen molar-refractivity contribution in [3.8, 4) is 5.75 Å². The molecule has 0 aliphatic carbocycles. The van der Waals surface area contributed by atoms with Gasteiger partial charge in [-0.05, 0) is 74.3 Å². The average Bonchev–Trinajstić information content (AvgIpc) is 2.61. The van der Waals surface area contributed by atoms with E-state index in [4.69, 9.17) is 17.0 Å². The molecule has 2 aromatic rings. The lowest BCUT2D eigenvalue weighted by atomic mass is 9.87. The van der Waals surface area contributed by atoms with E-state index in [-0.39, 0.29) is 5.91 Å². The molecule has 0 spiro atoms. The zero-order valence-corrected chi connectivity index (χ0v) is 19.2. The molecule has 1 amide bonds. The van der Waals surface area contributed by atoms with E-state index >= 15 is 0 Å². The third-order valence-corrected chi connectivity index (χ3v) is 5.17. The lowest BCUT2D eigenvalue weighted by Gasteiger charge is -2.24. The van der Waals surface area contributed by atoms with Crippen LogP contribution in [-0.2, 0) is 4.79 Å². The van der Waals surface area contributed by atoms with Crippen LogP contribution in [0, 0.1) is 19.3 Å². The molecule has 0 unspecified atom stereocenters. The number of nitrogens with one attached hydrogen (secondary N) is 2. The van der Waals surface area contributed by atoms with Crippen LogP contribution in [0.4, 0.5) is 5.69 Å². The summed E-state index contributed by atoms with van der Waals surface area (Å²) in [4.78, 5) is 12.6. The summed E-state index contributed by atoms with van der Waals surface area (Å²) >= 11 is 8.68. The zero-order valence-electron chi connectivity index (χ0n) is 16.8. The van der Waals surface area contributed by atoms with Crippen LogP contribution in [0.2, 0.25) is 0 Å². The topological polar surface area (TPSA) is 50.4 Å². The summed E-state index contributed by atoms with van der Waals surface area (Å²) < 4.78 is 6.83. The number of hydrogen-bond donors (Lipinski definition) is 2. The van der Waals surface area contributed by atoms with E-state index < -0.39 is 5.41 Å². The van der Waals surface area contributed by atoms with Gasteiger partial charge in [0.1, 0.15) is 5.75 Å². The summed E-state index contributed by atoms with van der Waals surface area (Å²) in [7, 11) is 0. The molecule has 6 heteroatoms. The van der Waals surface area contributed by atoms with Crippen LogP contribution in [0.25, 0.3) is 0 Å². The van der Waals surface area contributed by atoms with Gasteiger partial charge in [-0.2, -0.15) is 0 Å². The van der Waals surface area contributed by atoms with Gasteiger partial charge in [-0.3, -0.25) is 4.79 Å². The molecule has 0 aromatic heterocycles. The van der Waals surface area contributed by atoms with Crippen LogP contribution in [0.1, 0.15) is 37.8 Å². The monoisotopic (exact) mass is 462 g/mol. The second-order valence-electron chi connectivity index (χ2n) is 7.52. The Morgan fingerprint density at radius 1 is 1.18 bits per heavy atom. The molecule has 0 fully saturated rings. The van der Waals surface area contributed by atoms with E-state index in [1.807, 2.05) is 58.0 Å². The first-order valence-electron chi connectivity index (χ1n) is 9.25. The van der Waals surface area contributed by atoms with E-state index in [2.05, 4.69) is 38.7 Å². The first kappa shape index (κ1) is 22.4. The molecule has 0 aliphatic rings. The van der Waals surface area contributed by atoms with E-state index in [1.165, 1.54) is 5.56 Å². The fourth-order valence-corrected chi connectivity index (χ4v) is 3.28. The minimum atomic E-state index is -0.548. The molecule has 0 aliphatic heterocycles. The molecule has 2 rings (SSSR count). The van der Waals surface area contributed by atoms with Crippen molar-refractivity contribution < 1.29 is 9.53 Å². The van der Waals surface area contributed by atoms with E-state index in [9.17, 15) is 4.79 Å². The van der Waals surface area contributed by atoms with Crippen LogP contribution in [0.5, 0.6) is 5.75 Å². The summed E-state index contributed by atoms with van der Waals surface area (Å²) in [6.07, 6.45) is 1.48. The number of rotatable bonds is 7. The largest absolute Gasteiger partial charge is 0.493 e. The van der Waals surface area contributed by atoms with Crippen LogP contribution < -0.4 is 15.4 Å². The maximum atomic E-state index is 12.6. The Labute approximate surface area is 181 Å². The molecule has 2 N–H and O–H groups in total. The van der Waals surface area contributed by atoms with Crippen LogP contribution in [0.15, 0.2) is 46.9 Å². The number of carbonyl (C=O) groups is 1. The number of hydrogen-bond acceptors (Lipinski definition) is 3. The van der Waals surface area contributed by atoms with Gasteiger partial charge < -0.3 is 15.4 Å². The number of anilines is 1. The van der Waals surface area contributed by atoms with Gasteiger partial charge >= 0.3 is 0 Å². The third-order valence-electron chi connectivity index (χ3n) is 4.47. The van der Waals surface area contributed by atoms with Gasteiger partial charge in [0.15, 0.2) is 5.11 Å². The summed E-state index contributed by atoms with van der Waals surface area (Å²) in [5.74, 6) is 0.799. The molecule has 0 bridgehead atoms. The number of halogens is 1. The van der Waals surface area contributed by atoms with Gasteiger partial charge in [0, 0.05) is 15.6 Å². The molecular formula is C22H27BrN2O2S. The Balaban J connectivity index is 1.80. The molecule has 0 saturated heterocycles. The van der Waals surface area contributed by atoms with Crippen molar-refractivity contribution in [3.63, 3.8) is 0 Å². The molecule has 0 heterocycles. The third kappa shape index (κ3) is 6.91. The maximum Gasteiger partial charge on any atom is 0.231 e. The molecule has 28 heavy (non-hydrogen) atoms. The standard InChI is InChI=1S/C22H27BrN2O2S/c1-15-9-10-16(2)19(13-15)27-12-6-11-22(3,4)20(26)25-21(28)24-18-8-5-7-17(23)14-18/h5,7-10,13-14H,6,11-12H2,1-4H3,(H2,24,25,26,28). The van der Waals surface area contributed by atoms with Gasteiger partial charge in [0.25, 0.3) is 0 Å². The summed E-state index contributed by atoms with van der Waals surface area (Å²) in [5.41, 5.74) is 2.56. The van der Waals surface area contributed by atoms with Crippen molar-refractivity contribution in [2.24, 2.45) is 5.41 Å². The molecule has 2 aromatic carbocycles. The lowest BCUT2D eigenvalue weighted by Crippen LogP contribution is -2.42. The van der Waals surface area contributed by atoms with Gasteiger partial charge in [-0.1, -0.05) is 48.0 Å². The van der Waals surface area contributed by atoms with Crippen LogP contribution in [0.3, 0.4) is 0 Å². The summed E-state index contributed by atoms with van der Waals surface area (Å²) in [5, 5.41) is 6.11. The predicted octanol–water partition coefficient (Wildman–Crippen LogP) is 5.76. The second-order valence-corrected chi connectivity index (χ2v) is 8.85. The van der Waals surface area contributed by atoms with Crippen LogP contribution in [-0.4, -0.2) is 17.6 Å². The molecule has 0 atom stereocenters. The number of thiocarbonyl (C=S) groups is 1. The van der Waals surface area contributed by atoms with Gasteiger partial charge in [-0.25, -0.2) is 0 Å². The highest BCUT2D eigenvalue weighted by Crippen LogP contribution is 2.24. The Morgan fingerprint density at radius 2 is 1.93 bits per heavy atom. The minimum Gasteiger partial charge on any atom is -0.493 e. The number of ether oxygens (including phenoxy) is 1. The molecular weight excluding hydrogens is 436 g/mol. The van der Waals surface area contributed by atoms with Crippen LogP contribution >= 0.6 is 28.1 Å².